The number of anilines is 1. The van der Waals surface area contributed by atoms with Gasteiger partial charge in [-0.2, -0.15) is 0 Å². The van der Waals surface area contributed by atoms with E-state index in [1.54, 1.807) is 23.6 Å². The van der Waals surface area contributed by atoms with Gasteiger partial charge in [-0.15, -0.1) is 11.3 Å². The summed E-state index contributed by atoms with van der Waals surface area (Å²) in [7, 11) is 0. The summed E-state index contributed by atoms with van der Waals surface area (Å²) < 4.78 is 0. The molecule has 1 amide bonds. The van der Waals surface area contributed by atoms with Crippen molar-refractivity contribution >= 4 is 28.8 Å². The smallest absolute Gasteiger partial charge is 0.255 e. The van der Waals surface area contributed by atoms with Crippen molar-refractivity contribution in [1.29, 1.82) is 0 Å². The summed E-state index contributed by atoms with van der Waals surface area (Å²) in [5.74, 6) is 0.0508. The van der Waals surface area contributed by atoms with Crippen LogP contribution in [0, 0.1) is 19.3 Å². The molecule has 6 heteroatoms. The Kier molecular flexibility index (Phi) is 5.14. The van der Waals surface area contributed by atoms with Crippen LogP contribution in [0.2, 0.25) is 0 Å². The van der Waals surface area contributed by atoms with Crippen LogP contribution in [-0.2, 0) is 9.59 Å². The van der Waals surface area contributed by atoms with Crippen LogP contribution in [0.5, 0.6) is 0 Å². The minimum Gasteiger partial charge on any atom is -0.362 e. The number of nitrogens with zero attached hydrogens (tertiary/aromatic N) is 1. The third kappa shape index (κ3) is 3.72. The number of nitrogens with one attached hydrogen (secondary N) is 2. The number of hydrogen-bond donors (Lipinski definition) is 2. The molecule has 3 heterocycles. The Labute approximate surface area is 181 Å². The minimum atomic E-state index is -0.352. The van der Waals surface area contributed by atoms with Gasteiger partial charge in [0.1, 0.15) is 5.82 Å². The molecule has 2 aromatic heterocycles. The number of ketones is 1. The van der Waals surface area contributed by atoms with Gasteiger partial charge >= 0.3 is 0 Å². The Hall–Kier alpha value is -2.73. The second kappa shape index (κ2) is 7.51. The van der Waals surface area contributed by atoms with Crippen LogP contribution in [0.4, 0.5) is 5.82 Å². The van der Waals surface area contributed by atoms with Crippen LogP contribution >= 0.6 is 11.3 Å². The zero-order valence-electron chi connectivity index (χ0n) is 18.1. The molecule has 1 aliphatic carbocycles. The molecule has 0 bridgehead atoms. The number of aromatic nitrogens is 1. The Balaban J connectivity index is 1.79. The number of thiophene rings is 1. The summed E-state index contributed by atoms with van der Waals surface area (Å²) in [4.78, 5) is 32.0. The molecule has 0 unspecified atom stereocenters. The van der Waals surface area contributed by atoms with Gasteiger partial charge in [0.2, 0.25) is 0 Å². The average Bonchev–Trinajstić information content (AvgIpc) is 3.07. The van der Waals surface area contributed by atoms with Crippen molar-refractivity contribution in [3.05, 3.63) is 68.3 Å². The number of hydrogen-bond acceptors (Lipinski definition) is 5. The molecule has 0 spiro atoms. The molecule has 0 fully saturated rings. The summed E-state index contributed by atoms with van der Waals surface area (Å²) in [5.41, 5.74) is 5.12. The SMILES string of the molecule is CC1=C(C(=O)Nc2ccc(C)cn2)[C@@H](c2sccc2C)C2=C(CC(C)(C)CC2=O)N1. The maximum absolute atomic E-state index is 13.4. The van der Waals surface area contributed by atoms with Crippen molar-refractivity contribution in [2.45, 2.75) is 53.4 Å². The average molecular weight is 422 g/mol. The second-order valence-corrected chi connectivity index (χ2v) is 10.0. The highest BCUT2D eigenvalue weighted by Crippen LogP contribution is 2.48. The molecular formula is C24H27N3O2S. The molecule has 0 aromatic carbocycles. The molecule has 1 atom stereocenters. The van der Waals surface area contributed by atoms with E-state index in [-0.39, 0.29) is 23.0 Å². The predicted molar refractivity (Wildman–Crippen MR) is 120 cm³/mol. The maximum Gasteiger partial charge on any atom is 0.255 e. The molecule has 0 saturated heterocycles. The first kappa shape index (κ1) is 20.5. The van der Waals surface area contributed by atoms with Crippen molar-refractivity contribution in [3.8, 4) is 0 Å². The van der Waals surface area contributed by atoms with Crippen LogP contribution in [0.25, 0.3) is 0 Å². The molecule has 30 heavy (non-hydrogen) atoms. The van der Waals surface area contributed by atoms with Gasteiger partial charge in [-0.25, -0.2) is 4.98 Å². The molecule has 2 aromatic rings. The number of allylic oxidation sites excluding steroid dienone is 3. The topological polar surface area (TPSA) is 71.1 Å². The Morgan fingerprint density at radius 3 is 2.60 bits per heavy atom. The summed E-state index contributed by atoms with van der Waals surface area (Å²) in [6.07, 6.45) is 3.01. The lowest BCUT2D eigenvalue weighted by molar-refractivity contribution is -0.118. The number of dihydropyridines is 1. The molecular weight excluding hydrogens is 394 g/mol. The second-order valence-electron chi connectivity index (χ2n) is 9.07. The number of aryl methyl sites for hydroxylation is 2. The molecule has 0 saturated carbocycles. The largest absolute Gasteiger partial charge is 0.362 e. The molecule has 0 radical (unpaired) electrons. The van der Waals surface area contributed by atoms with Gasteiger partial charge in [-0.1, -0.05) is 19.9 Å². The fourth-order valence-corrected chi connectivity index (χ4v) is 5.45. The third-order valence-electron chi connectivity index (χ3n) is 5.80. The van der Waals surface area contributed by atoms with Gasteiger partial charge in [0.05, 0.1) is 5.92 Å². The highest BCUT2D eigenvalue weighted by molar-refractivity contribution is 7.10. The molecule has 156 valence electrons. The number of rotatable bonds is 3. The Morgan fingerprint density at radius 1 is 1.20 bits per heavy atom. The molecule has 5 nitrogen and oxygen atoms in total. The number of carbonyl (C=O) groups is 2. The Morgan fingerprint density at radius 2 is 1.97 bits per heavy atom. The van der Waals surface area contributed by atoms with Gasteiger partial charge in [0, 0.05) is 40.0 Å². The van der Waals surface area contributed by atoms with Gasteiger partial charge in [-0.3, -0.25) is 9.59 Å². The van der Waals surface area contributed by atoms with Crippen LogP contribution < -0.4 is 10.6 Å². The zero-order valence-corrected chi connectivity index (χ0v) is 18.9. The standard InChI is InChI=1S/C24H27N3O2S/c1-13-6-7-18(25-12-13)27-23(29)19-15(3)26-16-10-24(4,5)11-17(28)20(16)21(19)22-14(2)8-9-30-22/h6-9,12,21,26H,10-11H2,1-5H3,(H,25,27,29)/t21-/m1/s1. The monoisotopic (exact) mass is 421 g/mol. The highest BCUT2D eigenvalue weighted by Gasteiger charge is 2.43. The number of amides is 1. The quantitative estimate of drug-likeness (QED) is 0.731. The normalized spacial score (nSPS) is 20.7. The van der Waals surface area contributed by atoms with E-state index in [0.717, 1.165) is 39.4 Å². The molecule has 4 rings (SSSR count). The van der Waals surface area contributed by atoms with Crippen molar-refractivity contribution in [1.82, 2.24) is 10.3 Å². The minimum absolute atomic E-state index is 0.0934. The number of Topliss-reactive ketones (excluding diaryl/α,β-unsaturated/α-hetero) is 1. The van der Waals surface area contributed by atoms with Gasteiger partial charge in [0.15, 0.2) is 5.78 Å². The van der Waals surface area contributed by atoms with E-state index in [1.165, 1.54) is 0 Å². The van der Waals surface area contributed by atoms with E-state index in [1.807, 2.05) is 38.3 Å². The Bertz CT molecular complexity index is 1090. The van der Waals surface area contributed by atoms with Crippen molar-refractivity contribution in [3.63, 3.8) is 0 Å². The molecule has 1 aliphatic heterocycles. The van der Waals surface area contributed by atoms with Crippen molar-refractivity contribution < 1.29 is 9.59 Å². The highest BCUT2D eigenvalue weighted by atomic mass is 32.1. The lowest BCUT2D eigenvalue weighted by Crippen LogP contribution is -2.39. The third-order valence-corrected chi connectivity index (χ3v) is 6.88. The predicted octanol–water partition coefficient (Wildman–Crippen LogP) is 5.00. The maximum atomic E-state index is 13.4. The van der Waals surface area contributed by atoms with Gasteiger partial charge in [-0.05, 0) is 61.2 Å². The van der Waals surface area contributed by atoms with E-state index in [0.29, 0.717) is 17.8 Å². The van der Waals surface area contributed by atoms with Crippen LogP contribution in [0.3, 0.4) is 0 Å². The fourth-order valence-electron chi connectivity index (χ4n) is 4.40. The first-order valence-corrected chi connectivity index (χ1v) is 11.1. The first-order valence-electron chi connectivity index (χ1n) is 10.2. The van der Waals surface area contributed by atoms with E-state index in [9.17, 15) is 9.59 Å². The zero-order chi connectivity index (χ0) is 21.6. The van der Waals surface area contributed by atoms with Crippen molar-refractivity contribution in [2.24, 2.45) is 5.41 Å². The summed E-state index contributed by atoms with van der Waals surface area (Å²) in [6, 6.07) is 5.76. The summed E-state index contributed by atoms with van der Waals surface area (Å²) in [6.45, 7) is 10.1. The number of carbonyl (C=O) groups excluding carboxylic acids is 2. The summed E-state index contributed by atoms with van der Waals surface area (Å²) in [5, 5.41) is 8.36. The van der Waals surface area contributed by atoms with E-state index in [2.05, 4.69) is 29.5 Å². The number of pyridine rings is 1. The van der Waals surface area contributed by atoms with Crippen LogP contribution in [0.15, 0.2) is 52.3 Å². The van der Waals surface area contributed by atoms with E-state index in [4.69, 9.17) is 0 Å². The first-order chi connectivity index (χ1) is 14.2. The lowest BCUT2D eigenvalue weighted by Gasteiger charge is -2.39. The van der Waals surface area contributed by atoms with E-state index >= 15 is 0 Å². The van der Waals surface area contributed by atoms with Gasteiger partial charge in [0.25, 0.3) is 5.91 Å². The van der Waals surface area contributed by atoms with Crippen LogP contribution in [-0.4, -0.2) is 16.7 Å². The van der Waals surface area contributed by atoms with Gasteiger partial charge < -0.3 is 10.6 Å². The van der Waals surface area contributed by atoms with E-state index < -0.39 is 0 Å². The fraction of sp³-hybridized carbons (Fsp3) is 0.375. The van der Waals surface area contributed by atoms with Crippen molar-refractivity contribution in [2.75, 3.05) is 5.32 Å². The van der Waals surface area contributed by atoms with Crippen LogP contribution in [0.1, 0.15) is 55.5 Å². The molecule has 2 N–H and O–H groups in total. The molecule has 2 aliphatic rings. The lowest BCUT2D eigenvalue weighted by atomic mass is 9.69. The summed E-state index contributed by atoms with van der Waals surface area (Å²) >= 11 is 1.60.